The van der Waals surface area contributed by atoms with Gasteiger partial charge in [0.25, 0.3) is 5.91 Å². The molecule has 0 saturated heterocycles. The summed E-state index contributed by atoms with van der Waals surface area (Å²) in [6, 6.07) is 14.5. The van der Waals surface area contributed by atoms with E-state index in [1.165, 1.54) is 0 Å². The van der Waals surface area contributed by atoms with Crippen LogP contribution < -0.4 is 15.8 Å². The maximum Gasteiger partial charge on any atom is 0.253 e. The average Bonchev–Trinajstić information content (AvgIpc) is 2.41. The Kier molecular flexibility index (Phi) is 4.25. The van der Waals surface area contributed by atoms with Crippen molar-refractivity contribution >= 4 is 11.6 Å². The second-order valence-corrected chi connectivity index (χ2v) is 4.79. The van der Waals surface area contributed by atoms with Gasteiger partial charge in [0.2, 0.25) is 0 Å². The SMILES string of the molecule is CC(C)NC(=O)c1cc(Oc2ccccc2)ccc1N. The van der Waals surface area contributed by atoms with Gasteiger partial charge in [-0.15, -0.1) is 0 Å². The Balaban J connectivity index is 2.22. The Hall–Kier alpha value is -2.49. The Labute approximate surface area is 118 Å². The highest BCUT2D eigenvalue weighted by Crippen LogP contribution is 2.25. The predicted molar refractivity (Wildman–Crippen MR) is 80.0 cm³/mol. The van der Waals surface area contributed by atoms with Crippen LogP contribution >= 0.6 is 0 Å². The lowest BCUT2D eigenvalue weighted by molar-refractivity contribution is 0.0943. The third kappa shape index (κ3) is 3.51. The second kappa shape index (κ2) is 6.10. The highest BCUT2D eigenvalue weighted by Gasteiger charge is 2.12. The minimum atomic E-state index is -0.198. The van der Waals surface area contributed by atoms with Gasteiger partial charge in [0, 0.05) is 11.7 Å². The summed E-state index contributed by atoms with van der Waals surface area (Å²) in [6.45, 7) is 3.80. The van der Waals surface area contributed by atoms with Crippen LogP contribution in [0.4, 0.5) is 5.69 Å². The van der Waals surface area contributed by atoms with Crippen molar-refractivity contribution < 1.29 is 9.53 Å². The van der Waals surface area contributed by atoms with Gasteiger partial charge in [0.15, 0.2) is 0 Å². The van der Waals surface area contributed by atoms with Crippen molar-refractivity contribution in [2.45, 2.75) is 19.9 Å². The van der Waals surface area contributed by atoms with Crippen LogP contribution in [0.15, 0.2) is 48.5 Å². The summed E-state index contributed by atoms with van der Waals surface area (Å²) in [5.41, 5.74) is 6.70. The lowest BCUT2D eigenvalue weighted by Gasteiger charge is -2.12. The largest absolute Gasteiger partial charge is 0.457 e. The van der Waals surface area contributed by atoms with Gasteiger partial charge in [-0.2, -0.15) is 0 Å². The molecule has 0 aliphatic heterocycles. The first-order valence-corrected chi connectivity index (χ1v) is 6.49. The Morgan fingerprint density at radius 3 is 2.45 bits per heavy atom. The molecule has 4 heteroatoms. The first-order valence-electron chi connectivity index (χ1n) is 6.49. The third-order valence-electron chi connectivity index (χ3n) is 2.67. The Morgan fingerprint density at radius 2 is 1.80 bits per heavy atom. The van der Waals surface area contributed by atoms with Crippen molar-refractivity contribution in [1.82, 2.24) is 5.32 Å². The molecule has 2 aromatic rings. The number of benzene rings is 2. The number of carbonyl (C=O) groups is 1. The van der Waals surface area contributed by atoms with E-state index in [0.29, 0.717) is 22.7 Å². The van der Waals surface area contributed by atoms with E-state index in [1.807, 2.05) is 44.2 Å². The quantitative estimate of drug-likeness (QED) is 0.838. The molecule has 0 radical (unpaired) electrons. The van der Waals surface area contributed by atoms with Gasteiger partial charge in [0.1, 0.15) is 11.5 Å². The third-order valence-corrected chi connectivity index (χ3v) is 2.67. The molecule has 0 heterocycles. The van der Waals surface area contributed by atoms with E-state index < -0.39 is 0 Å². The van der Waals surface area contributed by atoms with Crippen molar-refractivity contribution in [1.29, 1.82) is 0 Å². The molecular weight excluding hydrogens is 252 g/mol. The summed E-state index contributed by atoms with van der Waals surface area (Å²) in [4.78, 5) is 12.0. The van der Waals surface area contributed by atoms with Gasteiger partial charge in [-0.1, -0.05) is 18.2 Å². The molecular formula is C16H18N2O2. The second-order valence-electron chi connectivity index (χ2n) is 4.79. The highest BCUT2D eigenvalue weighted by molar-refractivity contribution is 5.99. The summed E-state index contributed by atoms with van der Waals surface area (Å²) in [7, 11) is 0. The maximum absolute atomic E-state index is 12.0. The van der Waals surface area contributed by atoms with Crippen molar-refractivity contribution in [3.63, 3.8) is 0 Å². The first kappa shape index (κ1) is 13.9. The van der Waals surface area contributed by atoms with Crippen molar-refractivity contribution in [3.8, 4) is 11.5 Å². The molecule has 1 amide bonds. The molecule has 4 nitrogen and oxygen atoms in total. The highest BCUT2D eigenvalue weighted by atomic mass is 16.5. The molecule has 0 aliphatic carbocycles. The maximum atomic E-state index is 12.0. The lowest BCUT2D eigenvalue weighted by atomic mass is 10.1. The number of nitrogens with two attached hydrogens (primary N) is 1. The number of ether oxygens (including phenoxy) is 1. The summed E-state index contributed by atoms with van der Waals surface area (Å²) in [5.74, 6) is 1.10. The number of nitrogens with one attached hydrogen (secondary N) is 1. The molecule has 2 rings (SSSR count). The van der Waals surface area contributed by atoms with E-state index in [9.17, 15) is 4.79 Å². The molecule has 3 N–H and O–H groups in total. The van der Waals surface area contributed by atoms with Gasteiger partial charge in [-0.3, -0.25) is 4.79 Å². The van der Waals surface area contributed by atoms with Gasteiger partial charge in [-0.05, 0) is 44.2 Å². The molecule has 0 unspecified atom stereocenters. The van der Waals surface area contributed by atoms with E-state index in [0.717, 1.165) is 0 Å². The molecule has 0 fully saturated rings. The Bertz CT molecular complexity index is 595. The fourth-order valence-electron chi connectivity index (χ4n) is 1.76. The molecule has 0 aliphatic rings. The van der Waals surface area contributed by atoms with Crippen LogP contribution in [0.5, 0.6) is 11.5 Å². The van der Waals surface area contributed by atoms with Gasteiger partial charge in [0.05, 0.1) is 5.56 Å². The topological polar surface area (TPSA) is 64.3 Å². The predicted octanol–water partition coefficient (Wildman–Crippen LogP) is 3.20. The minimum absolute atomic E-state index is 0.0561. The number of hydrogen-bond donors (Lipinski definition) is 2. The number of hydrogen-bond acceptors (Lipinski definition) is 3. The number of anilines is 1. The number of nitrogen functional groups attached to an aromatic ring is 1. The van der Waals surface area contributed by atoms with Crippen molar-refractivity contribution in [2.24, 2.45) is 0 Å². The van der Waals surface area contributed by atoms with E-state index in [1.54, 1.807) is 18.2 Å². The molecule has 104 valence electrons. The normalized spacial score (nSPS) is 10.3. The molecule has 0 spiro atoms. The van der Waals surface area contributed by atoms with Crippen LogP contribution in [0.3, 0.4) is 0 Å². The molecule has 20 heavy (non-hydrogen) atoms. The number of para-hydroxylation sites is 1. The summed E-state index contributed by atoms with van der Waals surface area (Å²) >= 11 is 0. The summed E-state index contributed by atoms with van der Waals surface area (Å²) in [6.07, 6.45) is 0. The van der Waals surface area contributed by atoms with E-state index >= 15 is 0 Å². The van der Waals surface area contributed by atoms with Gasteiger partial charge >= 0.3 is 0 Å². The van der Waals surface area contributed by atoms with Crippen LogP contribution in [0.25, 0.3) is 0 Å². The van der Waals surface area contributed by atoms with E-state index in [-0.39, 0.29) is 11.9 Å². The molecule has 2 aromatic carbocycles. The van der Waals surface area contributed by atoms with Crippen molar-refractivity contribution in [3.05, 3.63) is 54.1 Å². The zero-order valence-corrected chi connectivity index (χ0v) is 11.6. The monoisotopic (exact) mass is 270 g/mol. The van der Waals surface area contributed by atoms with Crippen LogP contribution in [0, 0.1) is 0 Å². The minimum Gasteiger partial charge on any atom is -0.457 e. The zero-order valence-electron chi connectivity index (χ0n) is 11.6. The standard InChI is InChI=1S/C16H18N2O2/c1-11(2)18-16(19)14-10-13(8-9-15(14)17)20-12-6-4-3-5-7-12/h3-11H,17H2,1-2H3,(H,18,19). The Morgan fingerprint density at radius 1 is 1.10 bits per heavy atom. The fourth-order valence-corrected chi connectivity index (χ4v) is 1.76. The number of carbonyl (C=O) groups excluding carboxylic acids is 1. The molecule has 0 atom stereocenters. The van der Waals surface area contributed by atoms with Crippen LogP contribution in [0.1, 0.15) is 24.2 Å². The first-order chi connectivity index (χ1) is 9.56. The molecule has 0 aromatic heterocycles. The lowest BCUT2D eigenvalue weighted by Crippen LogP contribution is -2.30. The zero-order chi connectivity index (χ0) is 14.5. The van der Waals surface area contributed by atoms with E-state index in [4.69, 9.17) is 10.5 Å². The van der Waals surface area contributed by atoms with Crippen LogP contribution in [-0.2, 0) is 0 Å². The van der Waals surface area contributed by atoms with Crippen LogP contribution in [-0.4, -0.2) is 11.9 Å². The fraction of sp³-hybridized carbons (Fsp3) is 0.188. The van der Waals surface area contributed by atoms with Crippen LogP contribution in [0.2, 0.25) is 0 Å². The van der Waals surface area contributed by atoms with Gasteiger partial charge < -0.3 is 15.8 Å². The molecule has 0 bridgehead atoms. The molecule has 0 saturated carbocycles. The summed E-state index contributed by atoms with van der Waals surface area (Å²) in [5, 5.41) is 2.82. The summed E-state index contributed by atoms with van der Waals surface area (Å²) < 4.78 is 5.69. The smallest absolute Gasteiger partial charge is 0.253 e. The average molecular weight is 270 g/mol. The number of rotatable bonds is 4. The number of amides is 1. The van der Waals surface area contributed by atoms with E-state index in [2.05, 4.69) is 5.32 Å². The van der Waals surface area contributed by atoms with Gasteiger partial charge in [-0.25, -0.2) is 0 Å². The van der Waals surface area contributed by atoms with Crippen molar-refractivity contribution in [2.75, 3.05) is 5.73 Å².